The van der Waals surface area contributed by atoms with Crippen molar-refractivity contribution < 1.29 is 4.79 Å². The largest absolute Gasteiger partial charge is 0.368 e. The third-order valence-electron chi connectivity index (χ3n) is 2.47. The number of pyridine rings is 1. The Bertz CT molecular complexity index is 476. The lowest BCUT2D eigenvalue weighted by Crippen LogP contribution is -2.34. The SMILES string of the molecule is CCN(CC(N)=O)c1nc(C)cc(C)c1C#N. The predicted molar refractivity (Wildman–Crippen MR) is 65.5 cm³/mol. The van der Waals surface area contributed by atoms with Crippen LogP contribution in [0.2, 0.25) is 0 Å². The Labute approximate surface area is 101 Å². The molecule has 0 spiro atoms. The Hall–Kier alpha value is -2.09. The summed E-state index contributed by atoms with van der Waals surface area (Å²) < 4.78 is 0. The van der Waals surface area contributed by atoms with Crippen LogP contribution in [0.1, 0.15) is 23.7 Å². The van der Waals surface area contributed by atoms with E-state index in [4.69, 9.17) is 11.0 Å². The van der Waals surface area contributed by atoms with Crippen molar-refractivity contribution in [3.05, 3.63) is 22.9 Å². The first-order valence-corrected chi connectivity index (χ1v) is 5.41. The smallest absolute Gasteiger partial charge is 0.236 e. The molecule has 1 rings (SSSR count). The molecule has 0 aliphatic rings. The maximum Gasteiger partial charge on any atom is 0.236 e. The highest BCUT2D eigenvalue weighted by atomic mass is 16.1. The topological polar surface area (TPSA) is 83.0 Å². The molecule has 1 heterocycles. The Morgan fingerprint density at radius 2 is 2.24 bits per heavy atom. The number of rotatable bonds is 4. The van der Waals surface area contributed by atoms with Crippen molar-refractivity contribution in [2.45, 2.75) is 20.8 Å². The lowest BCUT2D eigenvalue weighted by Gasteiger charge is -2.22. The highest BCUT2D eigenvalue weighted by molar-refractivity contribution is 5.79. The Morgan fingerprint density at radius 3 is 2.71 bits per heavy atom. The van der Waals surface area contributed by atoms with Crippen LogP contribution in [0.4, 0.5) is 5.82 Å². The van der Waals surface area contributed by atoms with Crippen LogP contribution in [-0.2, 0) is 4.79 Å². The molecule has 17 heavy (non-hydrogen) atoms. The standard InChI is InChI=1S/C12H16N4O/c1-4-16(7-11(14)17)12-10(6-13)8(2)5-9(3)15-12/h5H,4,7H2,1-3H3,(H2,14,17). The average Bonchev–Trinajstić information content (AvgIpc) is 2.24. The number of nitrogens with zero attached hydrogens (tertiary/aromatic N) is 3. The van der Waals surface area contributed by atoms with E-state index in [-0.39, 0.29) is 6.54 Å². The minimum Gasteiger partial charge on any atom is -0.368 e. The van der Waals surface area contributed by atoms with Crippen molar-refractivity contribution in [3.63, 3.8) is 0 Å². The van der Waals surface area contributed by atoms with Crippen molar-refractivity contribution in [3.8, 4) is 6.07 Å². The maximum absolute atomic E-state index is 11.0. The number of hydrogen-bond donors (Lipinski definition) is 1. The first kappa shape index (κ1) is 13.0. The highest BCUT2D eigenvalue weighted by Crippen LogP contribution is 2.21. The summed E-state index contributed by atoms with van der Waals surface area (Å²) in [5, 5.41) is 9.14. The fraction of sp³-hybridized carbons (Fsp3) is 0.417. The van der Waals surface area contributed by atoms with E-state index in [2.05, 4.69) is 11.1 Å². The van der Waals surface area contributed by atoms with E-state index < -0.39 is 5.91 Å². The summed E-state index contributed by atoms with van der Waals surface area (Å²) in [4.78, 5) is 17.0. The lowest BCUT2D eigenvalue weighted by atomic mass is 10.1. The molecule has 0 saturated heterocycles. The Balaban J connectivity index is 3.27. The number of primary amides is 1. The van der Waals surface area contributed by atoms with Crippen LogP contribution < -0.4 is 10.6 Å². The molecule has 1 amide bonds. The van der Waals surface area contributed by atoms with Gasteiger partial charge in [-0.05, 0) is 32.4 Å². The predicted octanol–water partition coefficient (Wildman–Crippen LogP) is 0.882. The third-order valence-corrected chi connectivity index (χ3v) is 2.47. The zero-order valence-corrected chi connectivity index (χ0v) is 10.3. The van der Waals surface area contributed by atoms with E-state index in [0.717, 1.165) is 11.3 Å². The number of likely N-dealkylation sites (N-methyl/N-ethyl adjacent to an activating group) is 1. The number of nitriles is 1. The summed E-state index contributed by atoms with van der Waals surface area (Å²) >= 11 is 0. The van der Waals surface area contributed by atoms with E-state index >= 15 is 0 Å². The number of aryl methyl sites for hydroxylation is 2. The molecule has 0 bridgehead atoms. The molecule has 0 unspecified atom stereocenters. The van der Waals surface area contributed by atoms with Gasteiger partial charge < -0.3 is 10.6 Å². The number of carbonyl (C=O) groups excluding carboxylic acids is 1. The number of nitrogens with two attached hydrogens (primary N) is 1. The van der Waals surface area contributed by atoms with Crippen molar-refractivity contribution in [1.82, 2.24) is 4.98 Å². The van der Waals surface area contributed by atoms with E-state index in [1.54, 1.807) is 4.90 Å². The van der Waals surface area contributed by atoms with E-state index in [1.807, 2.05) is 26.8 Å². The summed E-state index contributed by atoms with van der Waals surface area (Å²) in [5.41, 5.74) is 7.36. The first-order valence-electron chi connectivity index (χ1n) is 5.41. The summed E-state index contributed by atoms with van der Waals surface area (Å²) in [6.45, 7) is 6.25. The second-order valence-corrected chi connectivity index (χ2v) is 3.87. The molecule has 0 fully saturated rings. The van der Waals surface area contributed by atoms with Gasteiger partial charge in [0.05, 0.1) is 12.1 Å². The lowest BCUT2D eigenvalue weighted by molar-refractivity contribution is -0.116. The second-order valence-electron chi connectivity index (χ2n) is 3.87. The van der Waals surface area contributed by atoms with Gasteiger partial charge in [-0.2, -0.15) is 5.26 Å². The van der Waals surface area contributed by atoms with E-state index in [1.165, 1.54) is 0 Å². The highest BCUT2D eigenvalue weighted by Gasteiger charge is 2.15. The van der Waals surface area contributed by atoms with Gasteiger partial charge in [-0.3, -0.25) is 4.79 Å². The van der Waals surface area contributed by atoms with Gasteiger partial charge in [0, 0.05) is 12.2 Å². The van der Waals surface area contributed by atoms with Crippen LogP contribution >= 0.6 is 0 Å². The average molecular weight is 232 g/mol. The van der Waals surface area contributed by atoms with Crippen molar-refractivity contribution in [2.24, 2.45) is 5.73 Å². The molecular weight excluding hydrogens is 216 g/mol. The third kappa shape index (κ3) is 2.94. The van der Waals surface area contributed by atoms with Crippen LogP contribution in [0.5, 0.6) is 0 Å². The van der Waals surface area contributed by atoms with Crippen LogP contribution in [0.15, 0.2) is 6.07 Å². The second kappa shape index (κ2) is 5.30. The number of amides is 1. The van der Waals surface area contributed by atoms with Crippen LogP contribution in [0, 0.1) is 25.2 Å². The molecule has 0 aliphatic carbocycles. The van der Waals surface area contributed by atoms with Gasteiger partial charge in [0.25, 0.3) is 0 Å². The zero-order chi connectivity index (χ0) is 13.0. The summed E-state index contributed by atoms with van der Waals surface area (Å²) in [5.74, 6) is 0.1000. The van der Waals surface area contributed by atoms with Crippen molar-refractivity contribution in [2.75, 3.05) is 18.0 Å². The van der Waals surface area contributed by atoms with Crippen LogP contribution in [0.3, 0.4) is 0 Å². The van der Waals surface area contributed by atoms with Crippen molar-refractivity contribution in [1.29, 1.82) is 5.26 Å². The molecule has 5 nitrogen and oxygen atoms in total. The van der Waals surface area contributed by atoms with Gasteiger partial charge >= 0.3 is 0 Å². The molecule has 90 valence electrons. The fourth-order valence-electron chi connectivity index (χ4n) is 1.71. The van der Waals surface area contributed by atoms with Gasteiger partial charge in [-0.15, -0.1) is 0 Å². The van der Waals surface area contributed by atoms with Gasteiger partial charge in [0.1, 0.15) is 11.9 Å². The molecule has 0 radical (unpaired) electrons. The van der Waals surface area contributed by atoms with Gasteiger partial charge in [-0.25, -0.2) is 4.98 Å². The molecule has 0 saturated carbocycles. The summed E-state index contributed by atoms with van der Waals surface area (Å²) in [6, 6.07) is 3.97. The monoisotopic (exact) mass is 232 g/mol. The van der Waals surface area contributed by atoms with Crippen LogP contribution in [0.25, 0.3) is 0 Å². The molecule has 0 aromatic carbocycles. The summed E-state index contributed by atoms with van der Waals surface area (Å²) in [7, 11) is 0. The van der Waals surface area contributed by atoms with E-state index in [9.17, 15) is 4.79 Å². The number of carbonyl (C=O) groups is 1. The van der Waals surface area contributed by atoms with Gasteiger partial charge in [0.15, 0.2) is 0 Å². The van der Waals surface area contributed by atoms with Gasteiger partial charge in [-0.1, -0.05) is 0 Å². The Morgan fingerprint density at radius 1 is 1.59 bits per heavy atom. The zero-order valence-electron chi connectivity index (χ0n) is 10.3. The molecule has 5 heteroatoms. The minimum atomic E-state index is -0.434. The fourth-order valence-corrected chi connectivity index (χ4v) is 1.71. The summed E-state index contributed by atoms with van der Waals surface area (Å²) in [6.07, 6.45) is 0. The maximum atomic E-state index is 11.0. The first-order chi connectivity index (χ1) is 7.99. The molecule has 2 N–H and O–H groups in total. The molecular formula is C12H16N4O. The van der Waals surface area contributed by atoms with Gasteiger partial charge in [0.2, 0.25) is 5.91 Å². The number of anilines is 1. The molecule has 0 aliphatic heterocycles. The molecule has 1 aromatic heterocycles. The van der Waals surface area contributed by atoms with Crippen molar-refractivity contribution >= 4 is 11.7 Å². The van der Waals surface area contributed by atoms with Crippen LogP contribution in [-0.4, -0.2) is 24.0 Å². The number of aromatic nitrogens is 1. The number of hydrogen-bond acceptors (Lipinski definition) is 4. The normalized spacial score (nSPS) is 9.76. The van der Waals surface area contributed by atoms with E-state index in [0.29, 0.717) is 17.9 Å². The molecule has 1 aromatic rings. The Kier molecular flexibility index (Phi) is 4.05. The molecule has 0 atom stereocenters. The minimum absolute atomic E-state index is 0.0705. The quantitative estimate of drug-likeness (QED) is 0.835.